The lowest BCUT2D eigenvalue weighted by Gasteiger charge is -2.32. The van der Waals surface area contributed by atoms with Gasteiger partial charge in [0.05, 0.1) is 29.0 Å². The molecule has 0 unspecified atom stereocenters. The predicted octanol–water partition coefficient (Wildman–Crippen LogP) is 8.53. The van der Waals surface area contributed by atoms with E-state index in [1.807, 2.05) is 84.9 Å². The summed E-state index contributed by atoms with van der Waals surface area (Å²) in [5.41, 5.74) is 0.273. The van der Waals surface area contributed by atoms with Gasteiger partial charge in [-0.15, -0.1) is 0 Å². The molecule has 0 aliphatic carbocycles. The van der Waals surface area contributed by atoms with E-state index < -0.39 is 5.60 Å². The molecule has 1 amide bonds. The fraction of sp³-hybridized carbons (Fsp3) is 0.667. The van der Waals surface area contributed by atoms with Gasteiger partial charge in [-0.2, -0.15) is 0 Å². The van der Waals surface area contributed by atoms with Crippen molar-refractivity contribution in [2.24, 2.45) is 5.41 Å². The van der Waals surface area contributed by atoms with Crippen LogP contribution in [0.1, 0.15) is 129 Å². The van der Waals surface area contributed by atoms with Crippen LogP contribution in [0.3, 0.4) is 0 Å². The molecule has 2 fully saturated rings. The Morgan fingerprint density at radius 1 is 0.709 bits per heavy atom. The average molecular weight is 833 g/mol. The van der Waals surface area contributed by atoms with Crippen molar-refractivity contribution in [2.45, 2.75) is 157 Å². The van der Waals surface area contributed by atoms with Crippen molar-refractivity contribution in [1.82, 2.24) is 5.32 Å². The molecule has 2 heterocycles. The van der Waals surface area contributed by atoms with Crippen LogP contribution in [0.4, 0.5) is 4.79 Å². The minimum absolute atomic E-state index is 0.0759. The quantitative estimate of drug-likeness (QED) is 0.123. The maximum atomic E-state index is 11.9. The molecular formula is C42H68B2BrNO9. The molecule has 0 saturated carbocycles. The van der Waals surface area contributed by atoms with E-state index in [9.17, 15) is 14.7 Å². The molecule has 4 rings (SSSR count). The van der Waals surface area contributed by atoms with E-state index in [1.54, 1.807) is 12.1 Å². The van der Waals surface area contributed by atoms with Gasteiger partial charge in [-0.1, -0.05) is 61.0 Å². The van der Waals surface area contributed by atoms with Crippen molar-refractivity contribution >= 4 is 53.0 Å². The van der Waals surface area contributed by atoms with E-state index >= 15 is 0 Å². The number of unbranched alkanes of at least 4 members (excludes halogenated alkanes) is 1. The number of phenolic OH excluding ortho intramolecular Hbond substituents is 1. The zero-order valence-corrected chi connectivity index (χ0v) is 37.6. The number of carbonyl (C=O) groups is 2. The summed E-state index contributed by atoms with van der Waals surface area (Å²) in [5, 5.41) is 12.8. The number of phenols is 1. The third-order valence-electron chi connectivity index (χ3n) is 9.65. The number of hydrogen-bond acceptors (Lipinski definition) is 9. The molecule has 2 N–H and O–H groups in total. The lowest BCUT2D eigenvalue weighted by atomic mass is 9.79. The lowest BCUT2D eigenvalue weighted by molar-refractivity contribution is -0.120. The van der Waals surface area contributed by atoms with Crippen LogP contribution in [0.5, 0.6) is 11.5 Å². The van der Waals surface area contributed by atoms with E-state index in [4.69, 9.17) is 28.1 Å². The van der Waals surface area contributed by atoms with Gasteiger partial charge in [0, 0.05) is 24.7 Å². The summed E-state index contributed by atoms with van der Waals surface area (Å²) >= 11 is 3.27. The molecule has 0 radical (unpaired) electrons. The highest BCUT2D eigenvalue weighted by Gasteiger charge is 2.52. The second-order valence-corrected chi connectivity index (χ2v) is 19.2. The van der Waals surface area contributed by atoms with Crippen molar-refractivity contribution in [1.29, 1.82) is 0 Å². The summed E-state index contributed by atoms with van der Waals surface area (Å²) in [6.07, 6.45) is 3.62. The summed E-state index contributed by atoms with van der Waals surface area (Å²) in [4.78, 5) is 22.9. The molecule has 0 atom stereocenters. The number of aromatic hydroxyl groups is 1. The Morgan fingerprint density at radius 2 is 1.15 bits per heavy atom. The Bertz CT molecular complexity index is 1450. The van der Waals surface area contributed by atoms with E-state index in [0.717, 1.165) is 41.3 Å². The predicted molar refractivity (Wildman–Crippen MR) is 227 cm³/mol. The molecule has 308 valence electrons. The minimum atomic E-state index is -0.404. The molecule has 2 saturated heterocycles. The van der Waals surface area contributed by atoms with Gasteiger partial charge in [0.25, 0.3) is 0 Å². The van der Waals surface area contributed by atoms with Gasteiger partial charge in [0.2, 0.25) is 0 Å². The molecule has 0 spiro atoms. The van der Waals surface area contributed by atoms with Crippen LogP contribution < -0.4 is 21.0 Å². The Labute approximate surface area is 340 Å². The van der Waals surface area contributed by atoms with E-state index in [-0.39, 0.29) is 53.9 Å². The molecule has 2 aromatic rings. The molecule has 2 aromatic carbocycles. The number of hydrogen-bond donors (Lipinski definition) is 2. The molecular weight excluding hydrogens is 764 g/mol. The number of halogens is 1. The van der Waals surface area contributed by atoms with E-state index in [2.05, 4.69) is 69.7 Å². The molecule has 0 aromatic heterocycles. The van der Waals surface area contributed by atoms with Crippen LogP contribution in [0.2, 0.25) is 0 Å². The topological polar surface area (TPSA) is 122 Å². The number of carbonyl (C=O) groups excluding carboxylic acids is 2. The number of rotatable bonds is 12. The highest BCUT2D eigenvalue weighted by Crippen LogP contribution is 2.37. The van der Waals surface area contributed by atoms with E-state index in [1.165, 1.54) is 0 Å². The zero-order chi connectivity index (χ0) is 41.9. The monoisotopic (exact) mass is 831 g/mol. The van der Waals surface area contributed by atoms with Crippen molar-refractivity contribution < 1.29 is 42.8 Å². The van der Waals surface area contributed by atoms with Crippen LogP contribution in [0.15, 0.2) is 48.5 Å². The third kappa shape index (κ3) is 16.8. The Balaban J connectivity index is 0.000000316. The van der Waals surface area contributed by atoms with Crippen LogP contribution in [-0.4, -0.2) is 77.7 Å². The average Bonchev–Trinajstić information content (AvgIpc) is 3.39. The highest BCUT2D eigenvalue weighted by atomic mass is 79.9. The molecule has 10 nitrogen and oxygen atoms in total. The highest BCUT2D eigenvalue weighted by molar-refractivity contribution is 9.09. The Hall–Kier alpha value is -2.57. The first-order valence-corrected chi connectivity index (χ1v) is 20.6. The summed E-state index contributed by atoms with van der Waals surface area (Å²) < 4.78 is 34.7. The number of benzene rings is 2. The molecule has 13 heteroatoms. The first kappa shape index (κ1) is 48.6. The summed E-state index contributed by atoms with van der Waals surface area (Å²) in [7, 11) is -0.705. The number of ether oxygens (including phenoxy) is 2. The van der Waals surface area contributed by atoms with Crippen molar-refractivity contribution in [2.75, 3.05) is 18.5 Å². The van der Waals surface area contributed by atoms with Crippen molar-refractivity contribution in [3.05, 3.63) is 48.5 Å². The minimum Gasteiger partial charge on any atom is -0.508 e. The second-order valence-electron chi connectivity index (χ2n) is 18.4. The molecule has 2 aliphatic rings. The van der Waals surface area contributed by atoms with Gasteiger partial charge < -0.3 is 38.5 Å². The SMILES string of the molecule is CC(C)(C)CC(=O)CCCCOc1ccc(B2OC(C)(C)C(C)(C)O2)cc1.CC(C)(C)OC(=O)NCCCBr.CC1(C)OB(c2ccc(O)cc2)OC1(C)C. The number of alkyl halides is 1. The number of amides is 1. The summed E-state index contributed by atoms with van der Waals surface area (Å²) in [6, 6.07) is 14.8. The van der Waals surface area contributed by atoms with Gasteiger partial charge in [-0.3, -0.25) is 4.79 Å². The Morgan fingerprint density at radius 3 is 1.55 bits per heavy atom. The van der Waals surface area contributed by atoms with Crippen molar-refractivity contribution in [3.63, 3.8) is 0 Å². The third-order valence-corrected chi connectivity index (χ3v) is 10.2. The number of Topliss-reactive ketones (excluding diaryl/α,β-unsaturated/α-hetero) is 1. The number of ketones is 1. The number of alkyl carbamates (subject to hydrolysis) is 1. The fourth-order valence-corrected chi connectivity index (χ4v) is 5.46. The first-order valence-electron chi connectivity index (χ1n) is 19.4. The summed E-state index contributed by atoms with van der Waals surface area (Å²) in [6.45, 7) is 29.4. The smallest absolute Gasteiger partial charge is 0.494 e. The van der Waals surface area contributed by atoms with Gasteiger partial charge in [0.1, 0.15) is 22.9 Å². The van der Waals surface area contributed by atoms with Crippen molar-refractivity contribution in [3.8, 4) is 11.5 Å². The summed E-state index contributed by atoms with van der Waals surface area (Å²) in [5.74, 6) is 1.42. The molecule has 55 heavy (non-hydrogen) atoms. The second kappa shape index (κ2) is 20.2. The molecule has 2 aliphatic heterocycles. The lowest BCUT2D eigenvalue weighted by Crippen LogP contribution is -2.41. The van der Waals surface area contributed by atoms with Crippen LogP contribution in [0.25, 0.3) is 0 Å². The van der Waals surface area contributed by atoms with Gasteiger partial charge in [-0.05, 0) is 136 Å². The molecule has 0 bridgehead atoms. The van der Waals surface area contributed by atoms with Crippen LogP contribution >= 0.6 is 15.9 Å². The Kier molecular flexibility index (Phi) is 17.9. The largest absolute Gasteiger partial charge is 0.508 e. The normalized spacial score (nSPS) is 18.0. The number of nitrogens with one attached hydrogen (secondary N) is 1. The maximum Gasteiger partial charge on any atom is 0.494 e. The van der Waals surface area contributed by atoms with Crippen LogP contribution in [0, 0.1) is 5.41 Å². The van der Waals surface area contributed by atoms with E-state index in [0.29, 0.717) is 31.8 Å². The fourth-order valence-electron chi connectivity index (χ4n) is 5.18. The van der Waals surface area contributed by atoms with Gasteiger partial charge >= 0.3 is 20.3 Å². The zero-order valence-electron chi connectivity index (χ0n) is 36.0. The van der Waals surface area contributed by atoms with Gasteiger partial charge in [0.15, 0.2) is 0 Å². The first-order chi connectivity index (χ1) is 25.2. The maximum absolute atomic E-state index is 11.9. The standard InChI is InChI=1S/C22H35BO4.C12H17BO3.C8H16BrNO2/c1-20(2,3)16-18(24)10-8-9-15-25-19-13-11-17(12-14-19)23-26-21(4,5)22(6,7)27-23;1-11(2)12(3,4)16-13(15-11)9-5-7-10(14)8-6-9;1-8(2,3)12-7(11)10-6-4-5-9/h11-14H,8-10,15-16H2,1-7H3;5-8,14H,1-4H3;4-6H2,1-3H3,(H,10,11). The van der Waals surface area contributed by atoms with Crippen LogP contribution in [-0.2, 0) is 28.1 Å². The van der Waals surface area contributed by atoms with Gasteiger partial charge in [-0.25, -0.2) is 4.79 Å².